The molecule has 4 aromatic rings. The fourth-order valence-electron chi connectivity index (χ4n) is 3.64. The maximum absolute atomic E-state index is 10.7. The van der Waals surface area contributed by atoms with Gasteiger partial charge in [-0.25, -0.2) is 34.7 Å². The summed E-state index contributed by atoms with van der Waals surface area (Å²) in [6, 6.07) is 3.54. The number of methoxy groups -OCH3 is 2. The van der Waals surface area contributed by atoms with Crippen LogP contribution in [-0.2, 0) is 0 Å². The Balaban J connectivity index is 0.000000189. The van der Waals surface area contributed by atoms with E-state index in [1.165, 1.54) is 7.11 Å². The summed E-state index contributed by atoms with van der Waals surface area (Å²) in [6.07, 6.45) is 6.92. The van der Waals surface area contributed by atoms with Gasteiger partial charge in [0.1, 0.15) is 11.0 Å². The van der Waals surface area contributed by atoms with Gasteiger partial charge in [-0.05, 0) is 25.0 Å². The summed E-state index contributed by atoms with van der Waals surface area (Å²) in [5, 5.41) is 11.6. The molecule has 2 N–H and O–H groups in total. The number of carbonyl (C=O) groups is 1. The van der Waals surface area contributed by atoms with E-state index in [9.17, 15) is 4.79 Å². The molecule has 12 nitrogen and oxygen atoms in total. The summed E-state index contributed by atoms with van der Waals surface area (Å²) in [6.45, 7) is 1.44. The van der Waals surface area contributed by atoms with E-state index in [2.05, 4.69) is 40.1 Å². The zero-order chi connectivity index (χ0) is 24.8. The van der Waals surface area contributed by atoms with Crippen LogP contribution in [0.3, 0.4) is 0 Å². The van der Waals surface area contributed by atoms with Gasteiger partial charge in [0, 0.05) is 31.5 Å². The van der Waals surface area contributed by atoms with Crippen molar-refractivity contribution in [3.63, 3.8) is 0 Å². The molecule has 1 aliphatic heterocycles. The van der Waals surface area contributed by atoms with Gasteiger partial charge in [-0.3, -0.25) is 0 Å². The summed E-state index contributed by atoms with van der Waals surface area (Å²) >= 11 is 5.82. The monoisotopic (exact) mass is 498 g/mol. The van der Waals surface area contributed by atoms with Crippen molar-refractivity contribution in [2.75, 3.05) is 32.2 Å². The summed E-state index contributed by atoms with van der Waals surface area (Å²) in [7, 11) is 3.08. The Morgan fingerprint density at radius 3 is 2.14 bits per heavy atom. The van der Waals surface area contributed by atoms with Crippen LogP contribution in [0, 0.1) is 0 Å². The molecule has 35 heavy (non-hydrogen) atoms. The quantitative estimate of drug-likeness (QED) is 0.400. The van der Waals surface area contributed by atoms with Gasteiger partial charge in [-0.2, -0.15) is 0 Å². The van der Waals surface area contributed by atoms with Crippen LogP contribution in [0.2, 0.25) is 5.15 Å². The van der Waals surface area contributed by atoms with E-state index in [4.69, 9.17) is 26.2 Å². The maximum Gasteiger partial charge on any atom is 0.404 e. The number of hydrogen-bond donors (Lipinski definition) is 2. The van der Waals surface area contributed by atoms with Crippen LogP contribution in [0.15, 0.2) is 36.9 Å². The molecule has 1 fully saturated rings. The first-order valence-electron chi connectivity index (χ1n) is 10.7. The van der Waals surface area contributed by atoms with Gasteiger partial charge >= 0.3 is 6.09 Å². The number of nitrogens with zero attached hydrogens (tertiary/aromatic N) is 7. The minimum Gasteiger partial charge on any atom is -0.480 e. The lowest BCUT2D eigenvalue weighted by molar-refractivity contribution is 0.187. The second-order valence-corrected chi connectivity index (χ2v) is 7.87. The van der Waals surface area contributed by atoms with Crippen LogP contribution in [0.25, 0.3) is 22.1 Å². The van der Waals surface area contributed by atoms with Crippen LogP contribution in [0.4, 0.5) is 10.6 Å². The number of fused-ring (bicyclic) bond motifs is 2. The van der Waals surface area contributed by atoms with Crippen molar-refractivity contribution in [3.8, 4) is 11.8 Å². The third-order valence-electron chi connectivity index (χ3n) is 5.35. The van der Waals surface area contributed by atoms with Crippen molar-refractivity contribution >= 4 is 45.6 Å². The molecular weight excluding hydrogens is 476 g/mol. The molecular formula is C22H23ClN8O4. The average molecular weight is 499 g/mol. The van der Waals surface area contributed by atoms with Gasteiger partial charge in [0.25, 0.3) is 0 Å². The van der Waals surface area contributed by atoms with Crippen molar-refractivity contribution in [1.29, 1.82) is 0 Å². The van der Waals surface area contributed by atoms with Crippen LogP contribution in [-0.4, -0.2) is 74.5 Å². The number of anilines is 1. The van der Waals surface area contributed by atoms with Gasteiger partial charge in [-0.15, -0.1) is 0 Å². The van der Waals surface area contributed by atoms with Crippen molar-refractivity contribution in [2.24, 2.45) is 0 Å². The zero-order valence-electron chi connectivity index (χ0n) is 19.1. The molecule has 0 saturated carbocycles. The maximum atomic E-state index is 10.7. The van der Waals surface area contributed by atoms with Crippen molar-refractivity contribution in [1.82, 2.24) is 35.2 Å². The summed E-state index contributed by atoms with van der Waals surface area (Å²) in [4.78, 5) is 38.1. The number of aromatic nitrogens is 6. The Labute approximate surface area is 205 Å². The zero-order valence-corrected chi connectivity index (χ0v) is 19.8. The molecule has 0 aromatic carbocycles. The molecule has 0 spiro atoms. The second kappa shape index (κ2) is 10.9. The Hall–Kier alpha value is -4.06. The lowest BCUT2D eigenvalue weighted by atomic mass is 10.1. The molecule has 4 aromatic heterocycles. The summed E-state index contributed by atoms with van der Waals surface area (Å²) in [5.74, 6) is 1.64. The van der Waals surface area contributed by atoms with Crippen LogP contribution >= 0.6 is 11.6 Å². The molecule has 13 heteroatoms. The molecule has 182 valence electrons. The molecule has 0 radical (unpaired) electrons. The number of carboxylic acid groups (broad SMARTS) is 1. The van der Waals surface area contributed by atoms with Crippen LogP contribution in [0.1, 0.15) is 12.8 Å². The van der Waals surface area contributed by atoms with E-state index >= 15 is 0 Å². The Morgan fingerprint density at radius 1 is 0.971 bits per heavy atom. The third-order valence-corrected chi connectivity index (χ3v) is 5.63. The standard InChI is InChI=1S/C14H17N5O3.C8H6ClN3O/c1-22-11-8-16-10-2-5-15-13(12(10)18-11)19-6-3-9(4-7-19)17-14(20)21;1-13-6-4-11-5-2-3-10-8(9)7(5)12-6/h2,5,8-9,17H,3-4,6-7H2,1H3,(H,20,21);2-4H,1H3. The second-order valence-electron chi connectivity index (χ2n) is 7.51. The Morgan fingerprint density at radius 2 is 1.54 bits per heavy atom. The van der Waals surface area contributed by atoms with Gasteiger partial charge < -0.3 is 24.8 Å². The molecule has 0 atom stereocenters. The van der Waals surface area contributed by atoms with Gasteiger partial charge in [0.2, 0.25) is 11.8 Å². The van der Waals surface area contributed by atoms with E-state index in [1.54, 1.807) is 38.0 Å². The topological polar surface area (TPSA) is 148 Å². The highest BCUT2D eigenvalue weighted by atomic mass is 35.5. The highest BCUT2D eigenvalue weighted by Crippen LogP contribution is 2.26. The number of rotatable bonds is 4. The predicted octanol–water partition coefficient (Wildman–Crippen LogP) is 2.96. The third kappa shape index (κ3) is 5.72. The largest absolute Gasteiger partial charge is 0.480 e. The van der Waals surface area contributed by atoms with Gasteiger partial charge in [0.05, 0.1) is 37.6 Å². The number of halogens is 1. The smallest absolute Gasteiger partial charge is 0.404 e. The molecule has 5 heterocycles. The number of hydrogen-bond acceptors (Lipinski definition) is 10. The normalized spacial score (nSPS) is 13.7. The molecule has 5 rings (SSSR count). The molecule has 0 unspecified atom stereocenters. The van der Waals surface area contributed by atoms with Crippen molar-refractivity contribution in [2.45, 2.75) is 18.9 Å². The van der Waals surface area contributed by atoms with E-state index < -0.39 is 6.09 Å². The highest BCUT2D eigenvalue weighted by Gasteiger charge is 2.23. The minimum absolute atomic E-state index is 0.00986. The molecule has 0 bridgehead atoms. The van der Waals surface area contributed by atoms with E-state index in [0.717, 1.165) is 37.3 Å². The first kappa shape index (κ1) is 24.1. The average Bonchev–Trinajstić information content (AvgIpc) is 2.88. The van der Waals surface area contributed by atoms with Gasteiger partial charge in [0.15, 0.2) is 11.0 Å². The number of amides is 1. The van der Waals surface area contributed by atoms with Crippen LogP contribution < -0.4 is 19.7 Å². The number of nitrogens with one attached hydrogen (secondary N) is 1. The predicted molar refractivity (Wildman–Crippen MR) is 129 cm³/mol. The van der Waals surface area contributed by atoms with Crippen molar-refractivity contribution in [3.05, 3.63) is 42.1 Å². The van der Waals surface area contributed by atoms with E-state index in [0.29, 0.717) is 33.5 Å². The van der Waals surface area contributed by atoms with Gasteiger partial charge in [-0.1, -0.05) is 11.6 Å². The first-order chi connectivity index (χ1) is 17.0. The fraction of sp³-hybridized carbons (Fsp3) is 0.318. The van der Waals surface area contributed by atoms with E-state index in [-0.39, 0.29) is 6.04 Å². The summed E-state index contributed by atoms with van der Waals surface area (Å²) < 4.78 is 10.0. The first-order valence-corrected chi connectivity index (χ1v) is 11.1. The Bertz CT molecular complexity index is 1330. The molecule has 1 saturated heterocycles. The van der Waals surface area contributed by atoms with E-state index in [1.807, 2.05) is 6.07 Å². The number of pyridine rings is 2. The molecule has 0 aliphatic carbocycles. The molecule has 1 aliphatic rings. The number of ether oxygens (including phenoxy) is 2. The Kier molecular flexibility index (Phi) is 7.51. The lowest BCUT2D eigenvalue weighted by Gasteiger charge is -2.32. The van der Waals surface area contributed by atoms with Crippen molar-refractivity contribution < 1.29 is 19.4 Å². The number of piperidine rings is 1. The van der Waals surface area contributed by atoms with Crippen LogP contribution in [0.5, 0.6) is 11.8 Å². The highest BCUT2D eigenvalue weighted by molar-refractivity contribution is 6.33. The fourth-order valence-corrected chi connectivity index (χ4v) is 3.83. The summed E-state index contributed by atoms with van der Waals surface area (Å²) in [5.41, 5.74) is 2.73. The minimum atomic E-state index is -0.975. The lowest BCUT2D eigenvalue weighted by Crippen LogP contribution is -2.44. The SMILES string of the molecule is COc1cnc2ccnc(Cl)c2n1.COc1cnc2ccnc(N3CCC(NC(=O)O)CC3)c2n1. The molecule has 1 amide bonds.